The zero-order chi connectivity index (χ0) is 12.0. The first-order chi connectivity index (χ1) is 7.72. The second-order valence-corrected chi connectivity index (χ2v) is 4.99. The molecule has 1 aliphatic rings. The molecule has 0 aromatic rings. The molecule has 0 aliphatic heterocycles. The maximum Gasteiger partial charge on any atom is 0.0829 e. The first kappa shape index (κ1) is 14.0. The molecule has 1 saturated carbocycles. The molecule has 16 heavy (non-hydrogen) atoms. The largest absolute Gasteiger partial charge is 0.374 e. The van der Waals surface area contributed by atoms with Gasteiger partial charge in [-0.2, -0.15) is 0 Å². The normalized spacial score (nSPS) is 18.8. The van der Waals surface area contributed by atoms with Gasteiger partial charge in [0.15, 0.2) is 0 Å². The summed E-state index contributed by atoms with van der Waals surface area (Å²) in [5.74, 6) is 0.960. The molecule has 0 heterocycles. The predicted molar refractivity (Wildman–Crippen MR) is 69.7 cm³/mol. The summed E-state index contributed by atoms with van der Waals surface area (Å²) in [6.45, 7) is 10.7. The van der Waals surface area contributed by atoms with Crippen LogP contribution in [0.15, 0.2) is 0 Å². The van der Waals surface area contributed by atoms with Crippen molar-refractivity contribution in [2.45, 2.75) is 71.4 Å². The highest BCUT2D eigenvalue weighted by Gasteiger charge is 2.39. The van der Waals surface area contributed by atoms with E-state index in [9.17, 15) is 0 Å². The lowest BCUT2D eigenvalue weighted by Gasteiger charge is -2.40. The van der Waals surface area contributed by atoms with Crippen molar-refractivity contribution in [3.8, 4) is 0 Å². The average molecular weight is 227 g/mol. The Labute approximate surface area is 101 Å². The zero-order valence-electron chi connectivity index (χ0n) is 11.5. The maximum absolute atomic E-state index is 6.11. The van der Waals surface area contributed by atoms with Crippen LogP contribution in [-0.2, 0) is 4.74 Å². The Morgan fingerprint density at radius 2 is 1.81 bits per heavy atom. The van der Waals surface area contributed by atoms with E-state index < -0.39 is 0 Å². The summed E-state index contributed by atoms with van der Waals surface area (Å²) in [5, 5.41) is 3.66. The Balaban J connectivity index is 2.66. The molecule has 0 radical (unpaired) electrons. The third-order valence-electron chi connectivity index (χ3n) is 3.98. The Kier molecular flexibility index (Phi) is 5.77. The molecular formula is C14H29NO. The van der Waals surface area contributed by atoms with Crippen LogP contribution in [0.2, 0.25) is 0 Å². The minimum absolute atomic E-state index is 0.0628. The topological polar surface area (TPSA) is 21.3 Å². The highest BCUT2D eigenvalue weighted by atomic mass is 16.5. The molecule has 1 fully saturated rings. The van der Waals surface area contributed by atoms with Crippen molar-refractivity contribution in [3.05, 3.63) is 0 Å². The summed E-state index contributed by atoms with van der Waals surface area (Å²) in [7, 11) is 0. The van der Waals surface area contributed by atoms with Crippen LogP contribution in [0.1, 0.15) is 59.8 Å². The van der Waals surface area contributed by atoms with E-state index in [0.29, 0.717) is 6.04 Å². The monoisotopic (exact) mass is 227 g/mol. The minimum Gasteiger partial charge on any atom is -0.374 e. The Morgan fingerprint density at radius 1 is 1.19 bits per heavy atom. The molecule has 0 bridgehead atoms. The molecule has 1 aliphatic carbocycles. The average Bonchev–Trinajstić information content (AvgIpc) is 3.09. The van der Waals surface area contributed by atoms with E-state index in [1.165, 1.54) is 19.3 Å². The number of rotatable bonds is 9. The quantitative estimate of drug-likeness (QED) is 0.652. The summed E-state index contributed by atoms with van der Waals surface area (Å²) in [6, 6.07) is 0.542. The number of nitrogens with one attached hydrogen (secondary N) is 1. The van der Waals surface area contributed by atoms with Crippen LogP contribution in [0.3, 0.4) is 0 Å². The molecule has 1 unspecified atom stereocenters. The molecular weight excluding hydrogens is 198 g/mol. The van der Waals surface area contributed by atoms with Gasteiger partial charge in [0.05, 0.1) is 5.60 Å². The fraction of sp³-hybridized carbons (Fsp3) is 1.00. The van der Waals surface area contributed by atoms with E-state index in [2.05, 4.69) is 33.0 Å². The van der Waals surface area contributed by atoms with Crippen LogP contribution in [-0.4, -0.2) is 24.8 Å². The van der Waals surface area contributed by atoms with E-state index in [0.717, 1.165) is 31.9 Å². The van der Waals surface area contributed by atoms with Gasteiger partial charge in [0.2, 0.25) is 0 Å². The van der Waals surface area contributed by atoms with E-state index in [-0.39, 0.29) is 5.60 Å². The minimum atomic E-state index is 0.0628. The molecule has 0 amide bonds. The smallest absolute Gasteiger partial charge is 0.0829 e. The molecule has 1 rings (SSSR count). The van der Waals surface area contributed by atoms with Crippen LogP contribution in [0.4, 0.5) is 0 Å². The highest BCUT2D eigenvalue weighted by molar-refractivity contribution is 4.94. The highest BCUT2D eigenvalue weighted by Crippen LogP contribution is 2.38. The van der Waals surface area contributed by atoms with E-state index in [1.807, 2.05) is 0 Å². The Morgan fingerprint density at radius 3 is 2.19 bits per heavy atom. The van der Waals surface area contributed by atoms with Crippen molar-refractivity contribution in [2.24, 2.45) is 5.92 Å². The van der Waals surface area contributed by atoms with E-state index >= 15 is 0 Å². The van der Waals surface area contributed by atoms with Crippen LogP contribution < -0.4 is 5.32 Å². The van der Waals surface area contributed by atoms with Crippen molar-refractivity contribution < 1.29 is 4.74 Å². The number of likely N-dealkylation sites (N-methyl/N-ethyl adjacent to an activating group) is 1. The number of ether oxygens (including phenoxy) is 1. The van der Waals surface area contributed by atoms with Gasteiger partial charge in [-0.1, -0.05) is 33.6 Å². The molecule has 2 nitrogen and oxygen atoms in total. The van der Waals surface area contributed by atoms with Crippen molar-refractivity contribution >= 4 is 0 Å². The first-order valence-electron chi connectivity index (χ1n) is 7.09. The Bertz CT molecular complexity index is 185. The number of hydrogen-bond acceptors (Lipinski definition) is 2. The van der Waals surface area contributed by atoms with Crippen LogP contribution in [0.5, 0.6) is 0 Å². The molecule has 1 N–H and O–H groups in total. The molecule has 0 saturated heterocycles. The zero-order valence-corrected chi connectivity index (χ0v) is 11.5. The second kappa shape index (κ2) is 6.61. The second-order valence-electron chi connectivity index (χ2n) is 4.99. The van der Waals surface area contributed by atoms with Gasteiger partial charge in [0.1, 0.15) is 0 Å². The summed E-state index contributed by atoms with van der Waals surface area (Å²) < 4.78 is 6.11. The van der Waals surface area contributed by atoms with E-state index in [1.54, 1.807) is 0 Å². The fourth-order valence-electron chi connectivity index (χ4n) is 2.75. The summed E-state index contributed by atoms with van der Waals surface area (Å²) in [4.78, 5) is 0. The van der Waals surface area contributed by atoms with Gasteiger partial charge >= 0.3 is 0 Å². The molecule has 96 valence electrons. The summed E-state index contributed by atoms with van der Waals surface area (Å²) in [5.41, 5.74) is 0.0628. The van der Waals surface area contributed by atoms with Crippen LogP contribution in [0, 0.1) is 5.92 Å². The lowest BCUT2D eigenvalue weighted by Crippen LogP contribution is -2.52. The van der Waals surface area contributed by atoms with Gasteiger partial charge in [0.25, 0.3) is 0 Å². The molecule has 1 atom stereocenters. The SMILES string of the molecule is CCNC(CC1CC1)C(CC)(CC)OCC. The van der Waals surface area contributed by atoms with Gasteiger partial charge in [-0.15, -0.1) is 0 Å². The predicted octanol–water partition coefficient (Wildman–Crippen LogP) is 3.36. The van der Waals surface area contributed by atoms with Crippen molar-refractivity contribution in [2.75, 3.05) is 13.2 Å². The summed E-state index contributed by atoms with van der Waals surface area (Å²) >= 11 is 0. The van der Waals surface area contributed by atoms with Gasteiger partial charge in [-0.05, 0) is 38.6 Å². The van der Waals surface area contributed by atoms with Crippen molar-refractivity contribution in [1.82, 2.24) is 5.32 Å². The molecule has 0 aromatic carbocycles. The molecule has 0 spiro atoms. The Hall–Kier alpha value is -0.0800. The van der Waals surface area contributed by atoms with E-state index in [4.69, 9.17) is 4.74 Å². The van der Waals surface area contributed by atoms with Gasteiger partial charge in [0, 0.05) is 12.6 Å². The maximum atomic E-state index is 6.11. The van der Waals surface area contributed by atoms with Gasteiger partial charge in [-0.3, -0.25) is 0 Å². The first-order valence-corrected chi connectivity index (χ1v) is 7.09. The number of hydrogen-bond donors (Lipinski definition) is 1. The molecule has 0 aromatic heterocycles. The fourth-order valence-corrected chi connectivity index (χ4v) is 2.75. The lowest BCUT2D eigenvalue weighted by atomic mass is 9.85. The lowest BCUT2D eigenvalue weighted by molar-refractivity contribution is -0.0745. The van der Waals surface area contributed by atoms with Crippen molar-refractivity contribution in [3.63, 3.8) is 0 Å². The van der Waals surface area contributed by atoms with Gasteiger partial charge < -0.3 is 10.1 Å². The van der Waals surface area contributed by atoms with Crippen molar-refractivity contribution in [1.29, 1.82) is 0 Å². The van der Waals surface area contributed by atoms with Crippen LogP contribution >= 0.6 is 0 Å². The third-order valence-corrected chi connectivity index (χ3v) is 3.98. The van der Waals surface area contributed by atoms with Crippen LogP contribution in [0.25, 0.3) is 0 Å². The third kappa shape index (κ3) is 3.46. The molecule has 2 heteroatoms. The summed E-state index contributed by atoms with van der Waals surface area (Å²) in [6.07, 6.45) is 6.38. The standard InChI is InChI=1S/C14H29NO/c1-5-14(6-2,16-8-4)13(15-7-3)11-12-9-10-12/h12-13,15H,5-11H2,1-4H3. The van der Waals surface area contributed by atoms with Gasteiger partial charge in [-0.25, -0.2) is 0 Å².